The van der Waals surface area contributed by atoms with Gasteiger partial charge in [0.05, 0.1) is 11.3 Å². The third-order valence-corrected chi connectivity index (χ3v) is 5.46. The number of Topliss-reactive ketones (excluding diaryl/α,β-unsaturated/α-hetero) is 1. The van der Waals surface area contributed by atoms with Crippen molar-refractivity contribution in [3.63, 3.8) is 0 Å². The average Bonchev–Trinajstić information content (AvgIpc) is 2.84. The highest BCUT2D eigenvalue weighted by atomic mass is 35.5. The highest BCUT2D eigenvalue weighted by Crippen LogP contribution is 2.26. The number of hydrogen-bond donors (Lipinski definition) is 1. The zero-order chi connectivity index (χ0) is 24.7. The molecule has 0 aliphatic carbocycles. The number of nitrogens with one attached hydrogen (secondary N) is 1. The third kappa shape index (κ3) is 6.26. The molecule has 0 radical (unpaired) electrons. The Balaban J connectivity index is 1.70. The van der Waals surface area contributed by atoms with E-state index >= 15 is 0 Å². The number of ether oxygens (including phenoxy) is 1. The van der Waals surface area contributed by atoms with E-state index < -0.39 is 28.7 Å². The Morgan fingerprint density at radius 2 is 1.65 bits per heavy atom. The van der Waals surface area contributed by atoms with Gasteiger partial charge in [-0.05, 0) is 36.8 Å². The quantitative estimate of drug-likeness (QED) is 0.188. The molecular weight excluding hydrogens is 460 g/mol. The lowest BCUT2D eigenvalue weighted by atomic mass is 9.99. The van der Waals surface area contributed by atoms with Gasteiger partial charge in [-0.15, -0.1) is 0 Å². The number of ketones is 1. The second kappa shape index (κ2) is 11.2. The van der Waals surface area contributed by atoms with Gasteiger partial charge in [-0.1, -0.05) is 48.0 Å². The Morgan fingerprint density at radius 3 is 2.29 bits per heavy atom. The molecule has 0 heterocycles. The number of esters is 1. The first-order valence-corrected chi connectivity index (χ1v) is 10.7. The van der Waals surface area contributed by atoms with E-state index in [1.165, 1.54) is 24.3 Å². The number of anilines is 1. The summed E-state index contributed by atoms with van der Waals surface area (Å²) in [7, 11) is 0. The molecule has 0 saturated carbocycles. The van der Waals surface area contributed by atoms with Gasteiger partial charge in [-0.2, -0.15) is 0 Å². The van der Waals surface area contributed by atoms with E-state index in [0.717, 1.165) is 0 Å². The molecule has 1 N–H and O–H groups in total. The predicted octanol–water partition coefficient (Wildman–Crippen LogP) is 5.44. The second-order valence-corrected chi connectivity index (χ2v) is 7.82. The molecule has 0 bridgehead atoms. The number of amides is 1. The number of non-ortho nitro benzene ring substituents is 1. The summed E-state index contributed by atoms with van der Waals surface area (Å²) in [6.45, 7) is 1.76. The summed E-state index contributed by atoms with van der Waals surface area (Å²) in [5.41, 5.74) is 1.68. The Morgan fingerprint density at radius 1 is 0.971 bits per heavy atom. The molecule has 0 aromatic heterocycles. The van der Waals surface area contributed by atoms with Gasteiger partial charge in [0.1, 0.15) is 0 Å². The Hall–Kier alpha value is -4.04. The van der Waals surface area contributed by atoms with E-state index in [9.17, 15) is 24.5 Å². The first-order chi connectivity index (χ1) is 16.3. The van der Waals surface area contributed by atoms with Crippen LogP contribution in [0, 0.1) is 17.0 Å². The Labute approximate surface area is 200 Å². The van der Waals surface area contributed by atoms with Crippen molar-refractivity contribution in [2.75, 3.05) is 5.32 Å². The fourth-order valence-electron chi connectivity index (χ4n) is 3.16. The number of carbonyl (C=O) groups is 3. The first-order valence-electron chi connectivity index (χ1n) is 10.3. The van der Waals surface area contributed by atoms with Crippen LogP contribution in [0.2, 0.25) is 5.02 Å². The monoisotopic (exact) mass is 480 g/mol. The van der Waals surface area contributed by atoms with Gasteiger partial charge in [0.15, 0.2) is 6.10 Å². The number of hydrogen-bond acceptors (Lipinski definition) is 6. The number of halogens is 1. The summed E-state index contributed by atoms with van der Waals surface area (Å²) in [4.78, 5) is 48.3. The largest absolute Gasteiger partial charge is 0.449 e. The maximum atomic E-state index is 13.0. The molecule has 0 saturated heterocycles. The molecule has 1 amide bonds. The van der Waals surface area contributed by atoms with Gasteiger partial charge >= 0.3 is 5.97 Å². The normalized spacial score (nSPS) is 11.4. The first kappa shape index (κ1) is 24.6. The molecule has 0 fully saturated rings. The van der Waals surface area contributed by atoms with Crippen LogP contribution in [0.25, 0.3) is 0 Å². The minimum Gasteiger partial charge on any atom is -0.449 e. The second-order valence-electron chi connectivity index (χ2n) is 7.41. The predicted molar refractivity (Wildman–Crippen MR) is 127 cm³/mol. The minimum absolute atomic E-state index is 0.158. The van der Waals surface area contributed by atoms with Crippen molar-refractivity contribution in [1.82, 2.24) is 0 Å². The average molecular weight is 481 g/mol. The van der Waals surface area contributed by atoms with Gasteiger partial charge in [0.25, 0.3) is 5.69 Å². The molecule has 1 atom stereocenters. The van der Waals surface area contributed by atoms with Crippen molar-refractivity contribution in [3.8, 4) is 0 Å². The lowest BCUT2D eigenvalue weighted by molar-refractivity contribution is -0.384. The number of nitrogens with zero attached hydrogens (tertiary/aromatic N) is 1. The zero-order valence-corrected chi connectivity index (χ0v) is 19.0. The van der Waals surface area contributed by atoms with Crippen LogP contribution in [0.1, 0.15) is 40.4 Å². The maximum absolute atomic E-state index is 13.0. The highest BCUT2D eigenvalue weighted by molar-refractivity contribution is 6.31. The molecule has 0 spiro atoms. The molecule has 174 valence electrons. The fourth-order valence-corrected chi connectivity index (χ4v) is 3.33. The molecule has 3 aromatic carbocycles. The SMILES string of the molecule is Cc1c(Cl)cccc1NC(=O)CCC(=O)O[C@H](C(=O)c1ccccc1)c1ccc([N+](=O)[O-])cc1. The number of benzene rings is 3. The lowest BCUT2D eigenvalue weighted by Crippen LogP contribution is -2.21. The lowest BCUT2D eigenvalue weighted by Gasteiger charge is -2.17. The Bertz CT molecular complexity index is 1210. The van der Waals surface area contributed by atoms with Gasteiger partial charge in [0.2, 0.25) is 11.7 Å². The van der Waals surface area contributed by atoms with Crippen LogP contribution in [0.4, 0.5) is 11.4 Å². The summed E-state index contributed by atoms with van der Waals surface area (Å²) in [5.74, 6) is -1.66. The maximum Gasteiger partial charge on any atom is 0.307 e. The summed E-state index contributed by atoms with van der Waals surface area (Å²) < 4.78 is 5.44. The van der Waals surface area contributed by atoms with Crippen molar-refractivity contribution in [3.05, 3.63) is 105 Å². The highest BCUT2D eigenvalue weighted by Gasteiger charge is 2.27. The van der Waals surface area contributed by atoms with Gasteiger partial charge < -0.3 is 10.1 Å². The molecule has 9 heteroatoms. The van der Waals surface area contributed by atoms with Crippen LogP contribution in [0.5, 0.6) is 0 Å². The van der Waals surface area contributed by atoms with Crippen LogP contribution in [-0.4, -0.2) is 22.6 Å². The van der Waals surface area contributed by atoms with E-state index in [4.69, 9.17) is 16.3 Å². The van der Waals surface area contributed by atoms with Crippen molar-refractivity contribution >= 4 is 40.6 Å². The van der Waals surface area contributed by atoms with E-state index in [2.05, 4.69) is 5.32 Å². The van der Waals surface area contributed by atoms with E-state index in [1.54, 1.807) is 55.5 Å². The van der Waals surface area contributed by atoms with Crippen molar-refractivity contribution in [2.45, 2.75) is 25.9 Å². The molecule has 0 unspecified atom stereocenters. The van der Waals surface area contributed by atoms with Crippen LogP contribution in [0.3, 0.4) is 0 Å². The molecule has 0 aliphatic heterocycles. The van der Waals surface area contributed by atoms with Crippen molar-refractivity contribution in [1.29, 1.82) is 0 Å². The van der Waals surface area contributed by atoms with E-state index in [-0.39, 0.29) is 24.1 Å². The van der Waals surface area contributed by atoms with E-state index in [0.29, 0.717) is 21.8 Å². The molecular formula is C25H21ClN2O6. The molecule has 3 rings (SSSR count). The van der Waals surface area contributed by atoms with Gasteiger partial charge in [-0.3, -0.25) is 24.5 Å². The number of nitro groups is 1. The van der Waals surface area contributed by atoms with Gasteiger partial charge in [0, 0.05) is 40.4 Å². The molecule has 8 nitrogen and oxygen atoms in total. The Kier molecular flexibility index (Phi) is 8.10. The number of rotatable bonds is 9. The fraction of sp³-hybridized carbons (Fsp3) is 0.160. The van der Waals surface area contributed by atoms with Crippen LogP contribution in [-0.2, 0) is 14.3 Å². The van der Waals surface area contributed by atoms with E-state index in [1.807, 2.05) is 0 Å². The summed E-state index contributed by atoms with van der Waals surface area (Å²) >= 11 is 6.05. The summed E-state index contributed by atoms with van der Waals surface area (Å²) in [6.07, 6.45) is -1.75. The van der Waals surface area contributed by atoms with Crippen molar-refractivity contribution < 1.29 is 24.0 Å². The topological polar surface area (TPSA) is 116 Å². The van der Waals surface area contributed by atoms with Crippen LogP contribution < -0.4 is 5.32 Å². The van der Waals surface area contributed by atoms with Crippen LogP contribution in [0.15, 0.2) is 72.8 Å². The third-order valence-electron chi connectivity index (χ3n) is 5.05. The number of carbonyl (C=O) groups excluding carboxylic acids is 3. The molecule has 0 aliphatic rings. The van der Waals surface area contributed by atoms with Crippen molar-refractivity contribution in [2.24, 2.45) is 0 Å². The van der Waals surface area contributed by atoms with Crippen LogP contribution >= 0.6 is 11.6 Å². The molecule has 34 heavy (non-hydrogen) atoms. The molecule has 3 aromatic rings. The summed E-state index contributed by atoms with van der Waals surface area (Å²) in [5, 5.41) is 14.1. The summed E-state index contributed by atoms with van der Waals surface area (Å²) in [6, 6.07) is 18.5. The van der Waals surface area contributed by atoms with Gasteiger partial charge in [-0.25, -0.2) is 0 Å². The smallest absolute Gasteiger partial charge is 0.307 e. The zero-order valence-electron chi connectivity index (χ0n) is 18.2. The minimum atomic E-state index is -1.31. The standard InChI is InChI=1S/C25H21ClN2O6/c1-16-20(26)8-5-9-21(16)27-22(29)14-15-23(30)34-25(24(31)17-6-3-2-4-7-17)18-10-12-19(13-11-18)28(32)33/h2-13,25H,14-15H2,1H3,(H,27,29)/t25-/m0/s1. The number of nitro benzene ring substituents is 1.